The summed E-state index contributed by atoms with van der Waals surface area (Å²) in [6, 6.07) is 6.44. The molecule has 6 nitrogen and oxygen atoms in total. The Morgan fingerprint density at radius 3 is 2.63 bits per heavy atom. The van der Waals surface area contributed by atoms with Gasteiger partial charge in [-0.25, -0.2) is 8.42 Å². The molecule has 1 aromatic rings. The number of anilines is 1. The highest BCUT2D eigenvalue weighted by atomic mass is 32.2. The molecule has 0 saturated carbocycles. The molecule has 0 radical (unpaired) electrons. The fourth-order valence-electron chi connectivity index (χ4n) is 3.15. The Morgan fingerprint density at radius 1 is 1.22 bits per heavy atom. The number of carbonyl (C=O) groups excluding carboxylic acids is 2. The van der Waals surface area contributed by atoms with Gasteiger partial charge in [-0.3, -0.25) is 13.9 Å². The van der Waals surface area contributed by atoms with Crippen molar-refractivity contribution in [2.24, 2.45) is 0 Å². The van der Waals surface area contributed by atoms with Crippen LogP contribution in [0.4, 0.5) is 5.69 Å². The summed E-state index contributed by atoms with van der Waals surface area (Å²) in [4.78, 5) is 23.7. The molecule has 0 aliphatic heterocycles. The third-order valence-corrected chi connectivity index (χ3v) is 5.83. The van der Waals surface area contributed by atoms with Crippen LogP contribution in [0.25, 0.3) is 0 Å². The van der Waals surface area contributed by atoms with Crippen LogP contribution >= 0.6 is 0 Å². The molecule has 1 aliphatic carbocycles. The Bertz CT molecular complexity index is 815. The van der Waals surface area contributed by atoms with Gasteiger partial charge in [-0.15, -0.1) is 0 Å². The second-order valence-corrected chi connectivity index (χ2v) is 8.81. The van der Waals surface area contributed by atoms with Crippen LogP contribution in [0.15, 0.2) is 35.9 Å². The minimum absolute atomic E-state index is 0.0364. The molecule has 1 aliphatic rings. The monoisotopic (exact) mass is 392 g/mol. The van der Waals surface area contributed by atoms with Gasteiger partial charge < -0.3 is 5.32 Å². The maximum absolute atomic E-state index is 12.1. The number of hydrogen-bond donors (Lipinski definition) is 1. The summed E-state index contributed by atoms with van der Waals surface area (Å²) in [5.74, 6) is -0.317. The summed E-state index contributed by atoms with van der Waals surface area (Å²) in [7, 11) is -3.56. The molecule has 0 fully saturated rings. The first-order chi connectivity index (χ1) is 12.8. The summed E-state index contributed by atoms with van der Waals surface area (Å²) in [5.41, 5.74) is 2.22. The van der Waals surface area contributed by atoms with Gasteiger partial charge in [0.2, 0.25) is 15.9 Å². The zero-order chi connectivity index (χ0) is 19.9. The van der Waals surface area contributed by atoms with E-state index in [2.05, 4.69) is 11.4 Å². The molecule has 7 heteroatoms. The predicted octanol–water partition coefficient (Wildman–Crippen LogP) is 3.05. The van der Waals surface area contributed by atoms with Crippen molar-refractivity contribution in [3.05, 3.63) is 41.5 Å². The molecular weight excluding hydrogens is 364 g/mol. The standard InChI is InChI=1S/C20H28N2O4S/c1-16(23)18-9-6-10-19(15-18)22(27(2,25)26)14-12-20(24)21-13-11-17-7-4-3-5-8-17/h6-7,9-10,15H,3-5,8,11-14H2,1-2H3,(H,21,24). The highest BCUT2D eigenvalue weighted by Crippen LogP contribution is 2.21. The number of rotatable bonds is 9. The number of carbonyl (C=O) groups is 2. The molecule has 0 heterocycles. The lowest BCUT2D eigenvalue weighted by atomic mass is 9.97. The van der Waals surface area contributed by atoms with E-state index in [1.54, 1.807) is 18.2 Å². The summed E-state index contributed by atoms with van der Waals surface area (Å²) >= 11 is 0. The van der Waals surface area contributed by atoms with Crippen LogP contribution in [0.1, 0.15) is 55.8 Å². The number of Topliss-reactive ketones (excluding diaryl/α,β-unsaturated/α-hetero) is 1. The van der Waals surface area contributed by atoms with Crippen LogP contribution in [0.3, 0.4) is 0 Å². The lowest BCUT2D eigenvalue weighted by Crippen LogP contribution is -2.35. The molecule has 148 valence electrons. The van der Waals surface area contributed by atoms with E-state index >= 15 is 0 Å². The summed E-state index contributed by atoms with van der Waals surface area (Å²) in [6.45, 7) is 2.04. The van der Waals surface area contributed by atoms with Gasteiger partial charge in [0.25, 0.3) is 0 Å². The van der Waals surface area contributed by atoms with Crippen molar-refractivity contribution in [1.82, 2.24) is 5.32 Å². The molecular formula is C20H28N2O4S. The van der Waals surface area contributed by atoms with Gasteiger partial charge in [-0.1, -0.05) is 23.8 Å². The molecule has 0 bridgehead atoms. The van der Waals surface area contributed by atoms with E-state index in [1.807, 2.05) is 0 Å². The molecule has 0 saturated heterocycles. The van der Waals surface area contributed by atoms with Crippen LogP contribution in [-0.2, 0) is 14.8 Å². The van der Waals surface area contributed by atoms with E-state index in [-0.39, 0.29) is 24.7 Å². The van der Waals surface area contributed by atoms with Gasteiger partial charge in [0.15, 0.2) is 5.78 Å². The second kappa shape index (κ2) is 9.69. The zero-order valence-corrected chi connectivity index (χ0v) is 16.8. The average Bonchev–Trinajstić information content (AvgIpc) is 2.62. The lowest BCUT2D eigenvalue weighted by molar-refractivity contribution is -0.120. The summed E-state index contributed by atoms with van der Waals surface area (Å²) in [5, 5.41) is 2.86. The van der Waals surface area contributed by atoms with Crippen molar-refractivity contribution in [3.63, 3.8) is 0 Å². The van der Waals surface area contributed by atoms with Crippen LogP contribution in [0.5, 0.6) is 0 Å². The van der Waals surface area contributed by atoms with Crippen LogP contribution in [0, 0.1) is 0 Å². The number of benzene rings is 1. The number of allylic oxidation sites excluding steroid dienone is 1. The van der Waals surface area contributed by atoms with Gasteiger partial charge in [0.1, 0.15) is 0 Å². The smallest absolute Gasteiger partial charge is 0.232 e. The average molecular weight is 393 g/mol. The van der Waals surface area contributed by atoms with Gasteiger partial charge in [0.05, 0.1) is 11.9 Å². The first kappa shape index (κ1) is 21.2. The molecule has 27 heavy (non-hydrogen) atoms. The molecule has 0 unspecified atom stereocenters. The van der Waals surface area contributed by atoms with Crippen molar-refractivity contribution in [2.75, 3.05) is 23.7 Å². The Hall–Kier alpha value is -2.15. The van der Waals surface area contributed by atoms with Gasteiger partial charge >= 0.3 is 0 Å². The van der Waals surface area contributed by atoms with E-state index < -0.39 is 10.0 Å². The highest BCUT2D eigenvalue weighted by molar-refractivity contribution is 7.92. The largest absolute Gasteiger partial charge is 0.356 e. The lowest BCUT2D eigenvalue weighted by Gasteiger charge is -2.22. The second-order valence-electron chi connectivity index (χ2n) is 6.90. The van der Waals surface area contributed by atoms with E-state index in [0.717, 1.165) is 25.5 Å². The predicted molar refractivity (Wildman–Crippen MR) is 107 cm³/mol. The van der Waals surface area contributed by atoms with Crippen molar-refractivity contribution in [1.29, 1.82) is 0 Å². The fraction of sp³-hybridized carbons (Fsp3) is 0.500. The Kier molecular flexibility index (Phi) is 7.59. The van der Waals surface area contributed by atoms with Crippen molar-refractivity contribution < 1.29 is 18.0 Å². The molecule has 1 amide bonds. The number of amides is 1. The van der Waals surface area contributed by atoms with Crippen molar-refractivity contribution >= 4 is 27.4 Å². The zero-order valence-electron chi connectivity index (χ0n) is 16.0. The first-order valence-corrected chi connectivity index (χ1v) is 11.2. The molecule has 0 aromatic heterocycles. The van der Waals surface area contributed by atoms with E-state index in [1.165, 1.54) is 35.7 Å². The number of sulfonamides is 1. The maximum Gasteiger partial charge on any atom is 0.232 e. The fourth-order valence-corrected chi connectivity index (χ4v) is 4.07. The van der Waals surface area contributed by atoms with Crippen molar-refractivity contribution in [3.8, 4) is 0 Å². The topological polar surface area (TPSA) is 83.6 Å². The van der Waals surface area contributed by atoms with Crippen molar-refractivity contribution in [2.45, 2.75) is 45.4 Å². The third kappa shape index (κ3) is 6.82. The molecule has 0 spiro atoms. The molecule has 1 N–H and O–H groups in total. The molecule has 2 rings (SSSR count). The first-order valence-electron chi connectivity index (χ1n) is 9.30. The Balaban J connectivity index is 1.92. The number of nitrogens with zero attached hydrogens (tertiary/aromatic N) is 1. The van der Waals surface area contributed by atoms with Gasteiger partial charge in [-0.05, 0) is 51.2 Å². The minimum Gasteiger partial charge on any atom is -0.356 e. The minimum atomic E-state index is -3.56. The summed E-state index contributed by atoms with van der Waals surface area (Å²) in [6.07, 6.45) is 8.93. The maximum atomic E-state index is 12.1. The number of nitrogens with one attached hydrogen (secondary N) is 1. The number of ketones is 1. The van der Waals surface area contributed by atoms with Gasteiger partial charge in [-0.2, -0.15) is 0 Å². The van der Waals surface area contributed by atoms with E-state index in [0.29, 0.717) is 17.8 Å². The Morgan fingerprint density at radius 2 is 2.00 bits per heavy atom. The quantitative estimate of drug-likeness (QED) is 0.517. The SMILES string of the molecule is CC(=O)c1cccc(N(CCC(=O)NCCC2=CCCCC2)S(C)(=O)=O)c1. The van der Waals surface area contributed by atoms with E-state index in [9.17, 15) is 18.0 Å². The van der Waals surface area contributed by atoms with Crippen LogP contribution in [0.2, 0.25) is 0 Å². The highest BCUT2D eigenvalue weighted by Gasteiger charge is 2.19. The molecule has 1 aromatic carbocycles. The normalized spacial score (nSPS) is 14.4. The van der Waals surface area contributed by atoms with Crippen LogP contribution in [-0.4, -0.2) is 39.5 Å². The summed E-state index contributed by atoms with van der Waals surface area (Å²) < 4.78 is 25.5. The third-order valence-electron chi connectivity index (χ3n) is 4.64. The van der Waals surface area contributed by atoms with Crippen LogP contribution < -0.4 is 9.62 Å². The van der Waals surface area contributed by atoms with E-state index in [4.69, 9.17) is 0 Å². The Labute approximate surface area is 161 Å². The van der Waals surface area contributed by atoms with Gasteiger partial charge in [0, 0.05) is 25.1 Å². The number of hydrogen-bond acceptors (Lipinski definition) is 4. The molecule has 0 atom stereocenters.